The van der Waals surface area contributed by atoms with Crippen molar-refractivity contribution in [2.75, 3.05) is 41.3 Å². The number of amides is 1. The van der Waals surface area contributed by atoms with E-state index in [4.69, 9.17) is 0 Å². The molecule has 1 N–H and O–H groups in total. The molecule has 0 spiro atoms. The molecule has 1 aliphatic rings. The molecule has 3 rings (SSSR count). The van der Waals surface area contributed by atoms with Gasteiger partial charge in [-0.2, -0.15) is 0 Å². The van der Waals surface area contributed by atoms with Crippen LogP contribution in [0.25, 0.3) is 0 Å². The van der Waals surface area contributed by atoms with Crippen molar-refractivity contribution in [3.63, 3.8) is 0 Å². The molecular weight excluding hydrogens is 338 g/mol. The molecule has 1 aromatic heterocycles. The molecule has 1 aliphatic heterocycles. The number of aromatic nitrogens is 2. The van der Waals surface area contributed by atoms with E-state index in [-0.39, 0.29) is 5.91 Å². The van der Waals surface area contributed by atoms with E-state index in [1.165, 1.54) is 12.1 Å². The van der Waals surface area contributed by atoms with Gasteiger partial charge in [-0.1, -0.05) is 0 Å². The number of benzene rings is 1. The van der Waals surface area contributed by atoms with Crippen LogP contribution in [0.2, 0.25) is 0 Å². The summed E-state index contributed by atoms with van der Waals surface area (Å²) in [6.45, 7) is 10.1. The molecule has 27 heavy (non-hydrogen) atoms. The van der Waals surface area contributed by atoms with Gasteiger partial charge in [-0.05, 0) is 69.9 Å². The van der Waals surface area contributed by atoms with Crippen LogP contribution in [0.15, 0.2) is 30.5 Å². The Balaban J connectivity index is 1.73. The SMILES string of the molecule is CCN(CC)c1ccc(NC(=O)c2ccnc(N3CCCCC3)n2)c(C)c1. The average molecular weight is 367 g/mol. The molecule has 6 heteroatoms. The highest BCUT2D eigenvalue weighted by Crippen LogP contribution is 2.23. The zero-order chi connectivity index (χ0) is 19.2. The first-order valence-corrected chi connectivity index (χ1v) is 9.87. The van der Waals surface area contributed by atoms with E-state index in [2.05, 4.69) is 51.1 Å². The lowest BCUT2D eigenvalue weighted by Crippen LogP contribution is -2.31. The van der Waals surface area contributed by atoms with Crippen LogP contribution in [0.1, 0.15) is 49.2 Å². The van der Waals surface area contributed by atoms with Crippen molar-refractivity contribution >= 4 is 23.2 Å². The Morgan fingerprint density at radius 2 is 1.89 bits per heavy atom. The molecule has 0 unspecified atom stereocenters. The van der Waals surface area contributed by atoms with Gasteiger partial charge in [-0.3, -0.25) is 4.79 Å². The first kappa shape index (κ1) is 19.1. The number of aryl methyl sites for hydroxylation is 1. The standard InChI is InChI=1S/C21H29N5O/c1-4-25(5-2)17-9-10-18(16(3)15-17)23-20(27)19-11-12-22-21(24-19)26-13-7-6-8-14-26/h9-12,15H,4-8,13-14H2,1-3H3,(H,23,27). The van der Waals surface area contributed by atoms with Crippen molar-refractivity contribution in [2.24, 2.45) is 0 Å². The third-order valence-corrected chi connectivity index (χ3v) is 5.10. The number of nitrogens with one attached hydrogen (secondary N) is 1. The van der Waals surface area contributed by atoms with Gasteiger partial charge in [0, 0.05) is 43.8 Å². The van der Waals surface area contributed by atoms with Crippen LogP contribution in [0.3, 0.4) is 0 Å². The number of carbonyl (C=O) groups excluding carboxylic acids is 1. The van der Waals surface area contributed by atoms with Gasteiger partial charge in [-0.25, -0.2) is 9.97 Å². The fourth-order valence-corrected chi connectivity index (χ4v) is 3.48. The van der Waals surface area contributed by atoms with E-state index in [0.29, 0.717) is 11.6 Å². The normalized spacial score (nSPS) is 14.1. The molecule has 0 bridgehead atoms. The van der Waals surface area contributed by atoms with Crippen molar-refractivity contribution in [1.29, 1.82) is 0 Å². The Hall–Kier alpha value is -2.63. The molecule has 6 nitrogen and oxygen atoms in total. The van der Waals surface area contributed by atoms with Crippen LogP contribution in [0, 0.1) is 6.92 Å². The van der Waals surface area contributed by atoms with Crippen molar-refractivity contribution in [2.45, 2.75) is 40.0 Å². The summed E-state index contributed by atoms with van der Waals surface area (Å²) in [5.41, 5.74) is 3.43. The molecule has 2 heterocycles. The van der Waals surface area contributed by atoms with E-state index >= 15 is 0 Å². The van der Waals surface area contributed by atoms with Crippen LogP contribution in [-0.4, -0.2) is 42.1 Å². The predicted molar refractivity (Wildman–Crippen MR) is 111 cm³/mol. The maximum absolute atomic E-state index is 12.7. The van der Waals surface area contributed by atoms with E-state index < -0.39 is 0 Å². The lowest BCUT2D eigenvalue weighted by molar-refractivity contribution is 0.102. The first-order chi connectivity index (χ1) is 13.1. The number of hydrogen-bond donors (Lipinski definition) is 1. The molecule has 0 atom stereocenters. The Labute approximate surface area is 161 Å². The Morgan fingerprint density at radius 1 is 1.15 bits per heavy atom. The summed E-state index contributed by atoms with van der Waals surface area (Å²) in [4.78, 5) is 26.0. The second-order valence-corrected chi connectivity index (χ2v) is 6.92. The summed E-state index contributed by atoms with van der Waals surface area (Å²) in [5.74, 6) is 0.449. The fourth-order valence-electron chi connectivity index (χ4n) is 3.48. The Morgan fingerprint density at radius 3 is 2.56 bits per heavy atom. The third-order valence-electron chi connectivity index (χ3n) is 5.10. The largest absolute Gasteiger partial charge is 0.372 e. The molecule has 1 aromatic carbocycles. The molecule has 1 saturated heterocycles. The number of rotatable bonds is 6. The van der Waals surface area contributed by atoms with Crippen LogP contribution < -0.4 is 15.1 Å². The minimum Gasteiger partial charge on any atom is -0.372 e. The van der Waals surface area contributed by atoms with Gasteiger partial charge in [0.25, 0.3) is 5.91 Å². The van der Waals surface area contributed by atoms with Crippen LogP contribution in [0.5, 0.6) is 0 Å². The topological polar surface area (TPSA) is 61.4 Å². The number of anilines is 3. The summed E-state index contributed by atoms with van der Waals surface area (Å²) >= 11 is 0. The van der Waals surface area contributed by atoms with Gasteiger partial charge in [0.2, 0.25) is 5.95 Å². The van der Waals surface area contributed by atoms with Crippen LogP contribution >= 0.6 is 0 Å². The molecule has 144 valence electrons. The van der Waals surface area contributed by atoms with Crippen LogP contribution in [0.4, 0.5) is 17.3 Å². The van der Waals surface area contributed by atoms with Gasteiger partial charge in [-0.15, -0.1) is 0 Å². The van der Waals surface area contributed by atoms with E-state index in [0.717, 1.165) is 50.3 Å². The number of carbonyl (C=O) groups is 1. The van der Waals surface area contributed by atoms with Crippen molar-refractivity contribution < 1.29 is 4.79 Å². The highest BCUT2D eigenvalue weighted by atomic mass is 16.1. The second-order valence-electron chi connectivity index (χ2n) is 6.92. The van der Waals surface area contributed by atoms with Gasteiger partial charge in [0.15, 0.2) is 0 Å². The summed E-state index contributed by atoms with van der Waals surface area (Å²) in [7, 11) is 0. The summed E-state index contributed by atoms with van der Waals surface area (Å²) in [6, 6.07) is 7.80. The number of hydrogen-bond acceptors (Lipinski definition) is 5. The summed E-state index contributed by atoms with van der Waals surface area (Å²) in [6.07, 6.45) is 5.22. The number of piperidine rings is 1. The van der Waals surface area contributed by atoms with Gasteiger partial charge >= 0.3 is 0 Å². The van der Waals surface area contributed by atoms with Gasteiger partial charge < -0.3 is 15.1 Å². The molecule has 1 fully saturated rings. The van der Waals surface area contributed by atoms with E-state index in [1.807, 2.05) is 13.0 Å². The zero-order valence-corrected chi connectivity index (χ0v) is 16.5. The van der Waals surface area contributed by atoms with Crippen LogP contribution in [-0.2, 0) is 0 Å². The van der Waals surface area contributed by atoms with E-state index in [1.54, 1.807) is 12.3 Å². The molecule has 0 saturated carbocycles. The Bertz CT molecular complexity index is 782. The second kappa shape index (κ2) is 8.84. The average Bonchev–Trinajstić information content (AvgIpc) is 2.71. The smallest absolute Gasteiger partial charge is 0.274 e. The molecule has 1 amide bonds. The predicted octanol–water partition coefficient (Wildman–Crippen LogP) is 3.87. The summed E-state index contributed by atoms with van der Waals surface area (Å²) in [5, 5.41) is 2.99. The molecule has 0 radical (unpaired) electrons. The van der Waals surface area contributed by atoms with E-state index in [9.17, 15) is 4.79 Å². The summed E-state index contributed by atoms with van der Waals surface area (Å²) < 4.78 is 0. The van der Waals surface area contributed by atoms with Crippen molar-refractivity contribution in [3.05, 3.63) is 41.7 Å². The van der Waals surface area contributed by atoms with Gasteiger partial charge in [0.1, 0.15) is 5.69 Å². The van der Waals surface area contributed by atoms with Crippen molar-refractivity contribution in [3.8, 4) is 0 Å². The minimum absolute atomic E-state index is 0.200. The lowest BCUT2D eigenvalue weighted by Gasteiger charge is -2.26. The zero-order valence-electron chi connectivity index (χ0n) is 16.5. The Kier molecular flexibility index (Phi) is 6.27. The number of nitrogens with zero attached hydrogens (tertiary/aromatic N) is 4. The lowest BCUT2D eigenvalue weighted by atomic mass is 10.1. The monoisotopic (exact) mass is 367 g/mol. The minimum atomic E-state index is -0.200. The van der Waals surface area contributed by atoms with Crippen molar-refractivity contribution in [1.82, 2.24) is 9.97 Å². The maximum atomic E-state index is 12.7. The van der Waals surface area contributed by atoms with Gasteiger partial charge in [0.05, 0.1) is 0 Å². The fraction of sp³-hybridized carbons (Fsp3) is 0.476. The highest BCUT2D eigenvalue weighted by Gasteiger charge is 2.16. The quantitative estimate of drug-likeness (QED) is 0.840. The molecule has 2 aromatic rings. The maximum Gasteiger partial charge on any atom is 0.274 e. The highest BCUT2D eigenvalue weighted by molar-refractivity contribution is 6.03. The molecule has 0 aliphatic carbocycles. The first-order valence-electron chi connectivity index (χ1n) is 9.87. The molecular formula is C21H29N5O. The third kappa shape index (κ3) is 4.56.